The molecular weight excluding hydrogens is 270 g/mol. The van der Waals surface area contributed by atoms with Crippen molar-refractivity contribution in [2.24, 2.45) is 0 Å². The lowest BCUT2D eigenvalue weighted by molar-refractivity contribution is -0.261. The molecule has 0 bridgehead atoms. The number of ether oxygens (including phenoxy) is 3. The molecule has 114 valence electrons. The largest absolute Gasteiger partial charge is 0.457 e. The molecule has 0 aromatic heterocycles. The van der Waals surface area contributed by atoms with Crippen LogP contribution in [0.5, 0.6) is 0 Å². The van der Waals surface area contributed by atoms with Crippen LogP contribution in [0.1, 0.15) is 27.7 Å². The molecule has 0 spiro atoms. The monoisotopic (exact) mass is 289 g/mol. The molecule has 8 heteroatoms. The normalized spacial score (nSPS) is 33.1. The van der Waals surface area contributed by atoms with E-state index in [1.807, 2.05) is 0 Å². The van der Waals surface area contributed by atoms with Gasteiger partial charge in [-0.1, -0.05) is 0 Å². The zero-order valence-corrected chi connectivity index (χ0v) is 11.8. The molecule has 8 nitrogen and oxygen atoms in total. The summed E-state index contributed by atoms with van der Waals surface area (Å²) in [5, 5.41) is 12.4. The predicted octanol–water partition coefficient (Wildman–Crippen LogP) is -0.908. The fourth-order valence-corrected chi connectivity index (χ4v) is 2.11. The highest BCUT2D eigenvalue weighted by Crippen LogP contribution is 2.25. The third-order valence-electron chi connectivity index (χ3n) is 2.78. The summed E-state index contributed by atoms with van der Waals surface area (Å²) in [5.74, 6) is -1.63. The minimum Gasteiger partial charge on any atom is -0.457 e. The van der Waals surface area contributed by atoms with Gasteiger partial charge in [0, 0.05) is 20.8 Å². The van der Waals surface area contributed by atoms with Gasteiger partial charge in [-0.25, -0.2) is 0 Å². The fraction of sp³-hybridized carbons (Fsp3) is 0.750. The van der Waals surface area contributed by atoms with Crippen molar-refractivity contribution in [3.8, 4) is 0 Å². The van der Waals surface area contributed by atoms with Crippen molar-refractivity contribution in [1.29, 1.82) is 0 Å². The zero-order chi connectivity index (χ0) is 15.4. The van der Waals surface area contributed by atoms with Crippen molar-refractivity contribution in [2.75, 3.05) is 0 Å². The molecule has 1 amide bonds. The summed E-state index contributed by atoms with van der Waals surface area (Å²) in [5.41, 5.74) is 0. The summed E-state index contributed by atoms with van der Waals surface area (Å²) in [7, 11) is 0. The van der Waals surface area contributed by atoms with Crippen LogP contribution in [0.15, 0.2) is 0 Å². The second-order valence-electron chi connectivity index (χ2n) is 4.61. The van der Waals surface area contributed by atoms with Gasteiger partial charge in [-0.3, -0.25) is 14.4 Å². The molecule has 0 aliphatic carbocycles. The lowest BCUT2D eigenvalue weighted by Gasteiger charge is -2.42. The first-order valence-corrected chi connectivity index (χ1v) is 6.17. The topological polar surface area (TPSA) is 111 Å². The Kier molecular flexibility index (Phi) is 5.46. The maximum atomic E-state index is 11.3. The number of hydrogen-bond donors (Lipinski definition) is 2. The first-order chi connectivity index (χ1) is 9.22. The summed E-state index contributed by atoms with van der Waals surface area (Å²) in [6, 6.07) is -0.890. The summed E-state index contributed by atoms with van der Waals surface area (Å²) >= 11 is 0. The van der Waals surface area contributed by atoms with Crippen molar-refractivity contribution in [2.45, 2.75) is 58.3 Å². The molecule has 20 heavy (non-hydrogen) atoms. The second kappa shape index (κ2) is 6.67. The van der Waals surface area contributed by atoms with Gasteiger partial charge in [0.15, 0.2) is 18.5 Å². The minimum atomic E-state index is -1.42. The van der Waals surface area contributed by atoms with E-state index in [0.29, 0.717) is 0 Å². The zero-order valence-electron chi connectivity index (χ0n) is 11.8. The third kappa shape index (κ3) is 4.17. The third-order valence-corrected chi connectivity index (χ3v) is 2.78. The molecule has 5 atom stereocenters. The Morgan fingerprint density at radius 1 is 1.05 bits per heavy atom. The number of esters is 2. The first kappa shape index (κ1) is 16.4. The summed E-state index contributed by atoms with van der Waals surface area (Å²) < 4.78 is 15.2. The number of aliphatic hydroxyl groups is 1. The number of rotatable bonds is 3. The molecule has 1 saturated heterocycles. The Morgan fingerprint density at radius 3 is 2.00 bits per heavy atom. The number of aliphatic hydroxyl groups excluding tert-OH is 1. The van der Waals surface area contributed by atoms with Crippen molar-refractivity contribution < 1.29 is 33.7 Å². The molecule has 1 rings (SSSR count). The smallest absolute Gasteiger partial charge is 0.303 e. The van der Waals surface area contributed by atoms with E-state index in [1.54, 1.807) is 6.92 Å². The Labute approximate surface area is 116 Å². The van der Waals surface area contributed by atoms with Gasteiger partial charge in [-0.2, -0.15) is 0 Å². The van der Waals surface area contributed by atoms with E-state index in [0.717, 1.165) is 6.92 Å². The highest BCUT2D eigenvalue weighted by Gasteiger charge is 2.48. The molecule has 0 aromatic carbocycles. The molecule has 2 N–H and O–H groups in total. The number of amides is 1. The van der Waals surface area contributed by atoms with Crippen LogP contribution < -0.4 is 5.32 Å². The van der Waals surface area contributed by atoms with E-state index < -0.39 is 48.5 Å². The molecule has 0 aromatic rings. The van der Waals surface area contributed by atoms with E-state index in [1.165, 1.54) is 13.8 Å². The van der Waals surface area contributed by atoms with Crippen molar-refractivity contribution in [1.82, 2.24) is 5.32 Å². The van der Waals surface area contributed by atoms with E-state index in [-0.39, 0.29) is 0 Å². The van der Waals surface area contributed by atoms with Gasteiger partial charge in [-0.05, 0) is 6.92 Å². The first-order valence-electron chi connectivity index (χ1n) is 6.17. The summed E-state index contributed by atoms with van der Waals surface area (Å²) in [6.45, 7) is 5.22. The predicted molar refractivity (Wildman–Crippen MR) is 65.3 cm³/mol. The van der Waals surface area contributed by atoms with Gasteiger partial charge in [-0.15, -0.1) is 0 Å². The molecule has 0 radical (unpaired) electrons. The van der Waals surface area contributed by atoms with E-state index in [2.05, 4.69) is 5.32 Å². The lowest BCUT2D eigenvalue weighted by atomic mass is 9.96. The minimum absolute atomic E-state index is 0.411. The van der Waals surface area contributed by atoms with Gasteiger partial charge < -0.3 is 24.6 Å². The van der Waals surface area contributed by atoms with E-state index >= 15 is 0 Å². The van der Waals surface area contributed by atoms with Gasteiger partial charge in [0.1, 0.15) is 6.04 Å². The van der Waals surface area contributed by atoms with Crippen LogP contribution in [0, 0.1) is 0 Å². The maximum absolute atomic E-state index is 11.3. The molecule has 1 fully saturated rings. The number of carbonyl (C=O) groups is 3. The maximum Gasteiger partial charge on any atom is 0.303 e. The van der Waals surface area contributed by atoms with Crippen molar-refractivity contribution >= 4 is 17.8 Å². The number of nitrogens with one attached hydrogen (secondary N) is 1. The molecular formula is C12H19NO7. The van der Waals surface area contributed by atoms with Gasteiger partial charge in [0.2, 0.25) is 5.91 Å². The Morgan fingerprint density at radius 2 is 1.55 bits per heavy atom. The fourth-order valence-electron chi connectivity index (χ4n) is 2.11. The van der Waals surface area contributed by atoms with Crippen LogP contribution in [-0.4, -0.2) is 53.6 Å². The Bertz CT molecular complexity index is 369. The van der Waals surface area contributed by atoms with Crippen LogP contribution in [-0.2, 0) is 28.6 Å². The second-order valence-corrected chi connectivity index (χ2v) is 4.61. The molecule has 1 aliphatic rings. The van der Waals surface area contributed by atoms with Gasteiger partial charge in [0.05, 0.1) is 6.10 Å². The molecule has 0 saturated carbocycles. The Balaban J connectivity index is 3.01. The highest BCUT2D eigenvalue weighted by molar-refractivity contribution is 5.74. The Hall–Kier alpha value is -1.67. The highest BCUT2D eigenvalue weighted by atomic mass is 16.7. The standard InChI is InChI=1S/C12H19NO7/c1-5-10(19-7(3)15)9(13-6(2)14)11(12(17)18-5)20-8(4)16/h5,9-12,17H,1-4H3,(H,13,14)/t5-,9+,10+,11+,12-/m0/s1. The molecule has 1 aliphatic heterocycles. The van der Waals surface area contributed by atoms with Crippen molar-refractivity contribution in [3.63, 3.8) is 0 Å². The van der Waals surface area contributed by atoms with Gasteiger partial charge in [0.25, 0.3) is 0 Å². The van der Waals surface area contributed by atoms with E-state index in [9.17, 15) is 19.5 Å². The number of carbonyl (C=O) groups excluding carboxylic acids is 3. The van der Waals surface area contributed by atoms with Crippen LogP contribution in [0.25, 0.3) is 0 Å². The summed E-state index contributed by atoms with van der Waals surface area (Å²) in [6.07, 6.45) is -4.11. The summed E-state index contributed by atoms with van der Waals surface area (Å²) in [4.78, 5) is 33.5. The molecule has 0 unspecified atom stereocenters. The quantitative estimate of drug-likeness (QED) is 0.647. The lowest BCUT2D eigenvalue weighted by Crippen LogP contribution is -2.65. The average Bonchev–Trinajstić information content (AvgIpc) is 2.27. The van der Waals surface area contributed by atoms with Crippen LogP contribution in [0.2, 0.25) is 0 Å². The van der Waals surface area contributed by atoms with Crippen molar-refractivity contribution in [3.05, 3.63) is 0 Å². The SMILES string of the molecule is CC(=O)N[C@H]1[C@@H](OC(C)=O)[C@@H](O)O[C@@H](C)[C@H]1OC(C)=O. The number of hydrogen-bond acceptors (Lipinski definition) is 7. The van der Waals surface area contributed by atoms with Crippen LogP contribution >= 0.6 is 0 Å². The van der Waals surface area contributed by atoms with Gasteiger partial charge >= 0.3 is 11.9 Å². The van der Waals surface area contributed by atoms with Crippen LogP contribution in [0.3, 0.4) is 0 Å². The van der Waals surface area contributed by atoms with E-state index in [4.69, 9.17) is 14.2 Å². The molecule has 1 heterocycles. The van der Waals surface area contributed by atoms with Crippen LogP contribution in [0.4, 0.5) is 0 Å². The average molecular weight is 289 g/mol.